The first kappa shape index (κ1) is 70.2. The Morgan fingerprint density at radius 3 is 1.47 bits per heavy atom. The zero-order valence-electron chi connectivity index (χ0n) is 44.0. The van der Waals surface area contributed by atoms with Crippen LogP contribution in [0.25, 0.3) is 11.1 Å². The molecule has 414 valence electrons. The number of nitrogens with zero attached hydrogens (tertiary/aromatic N) is 3. The first-order valence-electron chi connectivity index (χ1n) is 24.2. The highest BCUT2D eigenvalue weighted by atomic mass is 16.6. The number of nitrogens with one attached hydrogen (secondary N) is 1. The third-order valence-electron chi connectivity index (χ3n) is 10.5. The highest BCUT2D eigenvalue weighted by molar-refractivity contribution is 6.13. The number of ether oxygens (including phenoxy) is 2. The molecule has 0 fully saturated rings. The van der Waals surface area contributed by atoms with E-state index < -0.39 is 35.4 Å². The molecule has 1 atom stereocenters. The van der Waals surface area contributed by atoms with E-state index in [4.69, 9.17) is 30.6 Å². The molecule has 3 aliphatic heterocycles. The number of rotatable bonds is 23. The van der Waals surface area contributed by atoms with Crippen molar-refractivity contribution in [2.24, 2.45) is 10.7 Å². The quantitative estimate of drug-likeness (QED) is 0.0127. The van der Waals surface area contributed by atoms with Gasteiger partial charge in [-0.3, -0.25) is 39.1 Å². The van der Waals surface area contributed by atoms with Crippen LogP contribution in [0.3, 0.4) is 0 Å². The van der Waals surface area contributed by atoms with E-state index in [0.29, 0.717) is 32.7 Å². The van der Waals surface area contributed by atoms with Gasteiger partial charge < -0.3 is 35.6 Å². The number of carbonyl (C=O) groups excluding carboxylic acids is 7. The summed E-state index contributed by atoms with van der Waals surface area (Å²) in [6, 6.07) is 15.9. The number of hydrogen-bond donors (Lipinski definition) is 6. The van der Waals surface area contributed by atoms with Crippen molar-refractivity contribution in [3.8, 4) is 0 Å². The summed E-state index contributed by atoms with van der Waals surface area (Å²) < 4.78 is 9.43. The molecule has 19 heteroatoms. The van der Waals surface area contributed by atoms with Gasteiger partial charge in [-0.1, -0.05) is 68.1 Å². The molecule has 7 N–H and O–H groups in total. The van der Waals surface area contributed by atoms with Gasteiger partial charge in [0.25, 0.3) is 29.6 Å². The molecule has 5 rings (SSSR count). The van der Waals surface area contributed by atoms with Crippen LogP contribution in [0, 0.1) is 0 Å². The van der Waals surface area contributed by atoms with E-state index in [1.807, 2.05) is 84.0 Å². The van der Waals surface area contributed by atoms with E-state index in [9.17, 15) is 38.7 Å². The number of benzene rings is 2. The van der Waals surface area contributed by atoms with E-state index in [2.05, 4.69) is 34.3 Å². The fraction of sp³-hybridized carbons (Fsp3) is 0.464. The molecule has 0 radical (unpaired) electrons. The minimum absolute atomic E-state index is 0. The number of aliphatic hydroxyl groups is 3. The van der Waals surface area contributed by atoms with Crippen molar-refractivity contribution in [2.75, 3.05) is 39.5 Å². The fourth-order valence-electron chi connectivity index (χ4n) is 6.29. The average Bonchev–Trinajstić information content (AvgIpc) is 4.00. The van der Waals surface area contributed by atoms with Gasteiger partial charge in [0.05, 0.1) is 12.1 Å². The highest BCUT2D eigenvalue weighted by Gasteiger charge is 2.25. The smallest absolute Gasteiger partial charge is 0.338 e. The molecule has 0 saturated heterocycles. The second-order valence-electron chi connectivity index (χ2n) is 17.8. The third kappa shape index (κ3) is 30.8. The van der Waals surface area contributed by atoms with Crippen LogP contribution in [0.4, 0.5) is 0 Å². The van der Waals surface area contributed by atoms with Gasteiger partial charge in [-0.2, -0.15) is 4.99 Å². The number of nitrogens with two attached hydrogens (primary N) is 1. The Bertz CT molecular complexity index is 2250. The normalized spacial score (nSPS) is 13.5. The molecule has 0 aromatic heterocycles. The lowest BCUT2D eigenvalue weighted by Gasteiger charge is -2.30. The van der Waals surface area contributed by atoms with Crippen LogP contribution < -0.4 is 11.1 Å². The Morgan fingerprint density at radius 2 is 1.09 bits per heavy atom. The summed E-state index contributed by atoms with van der Waals surface area (Å²) in [7, 11) is 0. The summed E-state index contributed by atoms with van der Waals surface area (Å²) in [5, 5.41) is 37.4. The summed E-state index contributed by atoms with van der Waals surface area (Å²) in [5.74, 6) is -2.95. The van der Waals surface area contributed by atoms with Crippen LogP contribution in [-0.2, 0) is 58.9 Å². The lowest BCUT2D eigenvalue weighted by atomic mass is 9.92. The molecule has 75 heavy (non-hydrogen) atoms. The number of allylic oxidation sites excluding steroid dienone is 2. The van der Waals surface area contributed by atoms with Crippen LogP contribution in [0.2, 0.25) is 0 Å². The van der Waals surface area contributed by atoms with Crippen LogP contribution >= 0.6 is 0 Å². The Kier molecular flexibility index (Phi) is 36.3. The SMILES string of the molecule is C.C=C(C)c1cccc(C(C)(C)N=C=O)c1.C=C(C)c1cccc(C(C)(C)NC(O)OCCCCCN2C(=O)C=CC2=O)c1.CC(=O)O.NCCCCCO.O=C1C=CC(=O)N1CCCCCO.O=C1C=CC(=O)O1. The Labute approximate surface area is 442 Å². The number of unbranched alkanes of at least 4 members (excludes halogenated alkanes) is 6. The summed E-state index contributed by atoms with van der Waals surface area (Å²) in [4.78, 5) is 90.3. The minimum Gasteiger partial charge on any atom is -0.481 e. The van der Waals surface area contributed by atoms with Crippen LogP contribution in [0.1, 0.15) is 136 Å². The monoisotopic (exact) mass is 1050 g/mol. The number of aliphatic hydroxyl groups excluding tert-OH is 3. The zero-order chi connectivity index (χ0) is 56.3. The maximum atomic E-state index is 11.4. The lowest BCUT2D eigenvalue weighted by Crippen LogP contribution is -2.45. The number of carboxylic acids is 1. The molecule has 0 saturated carbocycles. The molecule has 19 nitrogen and oxygen atoms in total. The van der Waals surface area contributed by atoms with Crippen molar-refractivity contribution in [3.05, 3.63) is 120 Å². The Hall–Kier alpha value is -6.83. The van der Waals surface area contributed by atoms with E-state index in [-0.39, 0.29) is 37.7 Å². The van der Waals surface area contributed by atoms with E-state index >= 15 is 0 Å². The van der Waals surface area contributed by atoms with Crippen LogP contribution in [0.5, 0.6) is 0 Å². The minimum atomic E-state index is -1.09. The summed E-state index contributed by atoms with van der Waals surface area (Å²) >= 11 is 0. The average molecular weight is 1050 g/mol. The largest absolute Gasteiger partial charge is 0.481 e. The van der Waals surface area contributed by atoms with Gasteiger partial charge in [-0.15, -0.1) is 0 Å². The first-order valence-corrected chi connectivity index (χ1v) is 24.2. The number of amides is 4. The standard InChI is InChI=1S/C22H30N2O4.C13H15NO.C9H13NO3.C5H13NO.C4H2O3.C2H4O2.CH4/c1-16(2)17-9-8-10-18(15-17)22(3,4)23-21(27)28-14-7-5-6-13-24-19(25)11-12-20(24)26;1-10(2)11-6-5-7-12(8-11)13(3,4)14-9-15;11-7-3-1-2-6-10-8(12)4-5-9(10)13;6-4-2-1-3-5-7;5-3-1-2-4(6)7-3;1-2(3)4;/h8-12,15,21,23,27H,1,5-7,13-14H2,2-4H3;5-8H,1H2,2-4H3;4-5,11H,1-3,6-7H2;7H,1-6H2;1-2H;1H3,(H,3,4);1H4. The second-order valence-corrected chi connectivity index (χ2v) is 17.8. The van der Waals surface area contributed by atoms with Gasteiger partial charge in [0, 0.05) is 75.2 Å². The molecule has 0 bridgehead atoms. The molecule has 0 aliphatic carbocycles. The Morgan fingerprint density at radius 1 is 0.693 bits per heavy atom. The second kappa shape index (κ2) is 38.7. The summed E-state index contributed by atoms with van der Waals surface area (Å²) in [6.45, 7) is 23.1. The number of aliphatic imine (C=N–C) groups is 1. The van der Waals surface area contributed by atoms with Gasteiger partial charge in [0.1, 0.15) is 0 Å². The van der Waals surface area contributed by atoms with E-state index in [1.165, 1.54) is 34.1 Å². The molecule has 3 heterocycles. The topological polar surface area (TPSA) is 293 Å². The number of carbonyl (C=O) groups is 7. The van der Waals surface area contributed by atoms with Crippen molar-refractivity contribution >= 4 is 58.8 Å². The van der Waals surface area contributed by atoms with Gasteiger partial charge in [-0.25, -0.2) is 14.4 Å². The van der Waals surface area contributed by atoms with Crippen molar-refractivity contribution in [1.82, 2.24) is 15.1 Å². The summed E-state index contributed by atoms with van der Waals surface area (Å²) in [5.41, 5.74) is 10.3. The predicted octanol–water partition coefficient (Wildman–Crippen LogP) is 6.76. The molecule has 4 amide bonds. The molecular formula is C56H81N5O14. The number of aliphatic carboxylic acids is 1. The molecule has 2 aromatic carbocycles. The number of imide groups is 2. The van der Waals surface area contributed by atoms with Gasteiger partial charge in [-0.05, 0) is 140 Å². The summed E-state index contributed by atoms with van der Waals surface area (Å²) in [6.07, 6.45) is 15.4. The maximum absolute atomic E-state index is 11.4. The van der Waals surface area contributed by atoms with Crippen LogP contribution in [-0.4, -0.2) is 124 Å². The number of carboxylic acid groups (broad SMARTS) is 1. The predicted molar refractivity (Wildman–Crippen MR) is 288 cm³/mol. The number of esters is 2. The molecule has 2 aromatic rings. The van der Waals surface area contributed by atoms with Gasteiger partial charge in [0.2, 0.25) is 12.5 Å². The first-order chi connectivity index (χ1) is 34.9. The zero-order valence-corrected chi connectivity index (χ0v) is 44.0. The highest BCUT2D eigenvalue weighted by Crippen LogP contribution is 2.27. The number of isocyanates is 1. The van der Waals surface area contributed by atoms with Gasteiger partial charge >= 0.3 is 11.9 Å². The molecule has 1 unspecified atom stereocenters. The van der Waals surface area contributed by atoms with Crippen LogP contribution in [0.15, 0.2) is 103 Å². The molecule has 3 aliphatic rings. The van der Waals surface area contributed by atoms with Crippen molar-refractivity contribution in [3.63, 3.8) is 0 Å². The van der Waals surface area contributed by atoms with Crippen molar-refractivity contribution in [2.45, 2.75) is 131 Å². The van der Waals surface area contributed by atoms with Gasteiger partial charge in [0.15, 0.2) is 0 Å². The van der Waals surface area contributed by atoms with E-state index in [0.717, 1.165) is 110 Å². The lowest BCUT2D eigenvalue weighted by molar-refractivity contribution is -0.150. The number of hydrogen-bond acceptors (Lipinski definition) is 16. The Balaban J connectivity index is 0. The fourth-order valence-corrected chi connectivity index (χ4v) is 6.29. The third-order valence-corrected chi connectivity index (χ3v) is 10.5. The maximum Gasteiger partial charge on any atom is 0.338 e. The van der Waals surface area contributed by atoms with E-state index in [1.54, 1.807) is 6.08 Å². The van der Waals surface area contributed by atoms with Crippen molar-refractivity contribution < 1.29 is 68.3 Å². The molecular weight excluding hydrogens is 967 g/mol. The number of cyclic esters (lactones) is 2. The molecule has 0 spiro atoms. The van der Waals surface area contributed by atoms with Crippen molar-refractivity contribution in [1.29, 1.82) is 0 Å².